The average Bonchev–Trinajstić information content (AvgIpc) is 3.18. The molecule has 1 saturated carbocycles. The van der Waals surface area contributed by atoms with Crippen LogP contribution in [0.5, 0.6) is 0 Å². The van der Waals surface area contributed by atoms with Crippen LogP contribution in [0, 0.1) is 0 Å². The molecule has 0 unspecified atom stereocenters. The Balaban J connectivity index is 1.56. The van der Waals surface area contributed by atoms with Gasteiger partial charge in [0.2, 0.25) is 0 Å². The van der Waals surface area contributed by atoms with Crippen LogP contribution in [0.3, 0.4) is 0 Å². The molecule has 9 heteroatoms. The van der Waals surface area contributed by atoms with E-state index in [2.05, 4.69) is 32.9 Å². The Morgan fingerprint density at radius 1 is 1.43 bits per heavy atom. The molecule has 3 N–H and O–H groups in total. The van der Waals surface area contributed by atoms with Gasteiger partial charge in [-0.3, -0.25) is 0 Å². The summed E-state index contributed by atoms with van der Waals surface area (Å²) in [5, 5.41) is 21.3. The molecule has 21 heavy (non-hydrogen) atoms. The summed E-state index contributed by atoms with van der Waals surface area (Å²) in [7, 11) is 2.06. The third-order valence-corrected chi connectivity index (χ3v) is 3.30. The maximum atomic E-state index is 11.5. The van der Waals surface area contributed by atoms with E-state index in [0.717, 1.165) is 6.54 Å². The number of likely N-dealkylation sites (N-methyl/N-ethyl adjacent to an activating group) is 1. The van der Waals surface area contributed by atoms with Gasteiger partial charge in [0.15, 0.2) is 5.69 Å². The summed E-state index contributed by atoms with van der Waals surface area (Å²) in [5.74, 6) is -1.12. The molecule has 0 aliphatic heterocycles. The Labute approximate surface area is 122 Å². The molecule has 1 aromatic rings. The zero-order valence-electron chi connectivity index (χ0n) is 11.9. The lowest BCUT2D eigenvalue weighted by Gasteiger charge is -2.15. The lowest BCUT2D eigenvalue weighted by Crippen LogP contribution is -2.41. The van der Waals surface area contributed by atoms with Gasteiger partial charge in [0, 0.05) is 25.7 Å². The second-order valence-electron chi connectivity index (χ2n) is 5.07. The van der Waals surface area contributed by atoms with Crippen molar-refractivity contribution in [2.45, 2.75) is 25.4 Å². The van der Waals surface area contributed by atoms with Crippen molar-refractivity contribution in [2.24, 2.45) is 0 Å². The highest BCUT2D eigenvalue weighted by atomic mass is 16.4. The molecule has 2 rings (SSSR count). The molecule has 2 amide bonds. The standard InChI is InChI=1S/C12H20N6O3/c1-17(9-2-3-9)6-4-13-12(21)14-5-7-18-8-10(11(19)20)15-16-18/h8-9H,2-7H2,1H3,(H,19,20)(H2,13,14,21). The first kappa shape index (κ1) is 15.2. The van der Waals surface area contributed by atoms with Gasteiger partial charge in [0.05, 0.1) is 12.7 Å². The fraction of sp³-hybridized carbons (Fsp3) is 0.667. The zero-order valence-corrected chi connectivity index (χ0v) is 11.9. The number of nitrogens with one attached hydrogen (secondary N) is 2. The quantitative estimate of drug-likeness (QED) is 0.589. The van der Waals surface area contributed by atoms with Gasteiger partial charge in [0.25, 0.3) is 0 Å². The van der Waals surface area contributed by atoms with E-state index in [4.69, 9.17) is 5.11 Å². The van der Waals surface area contributed by atoms with E-state index in [-0.39, 0.29) is 11.7 Å². The number of hydrogen-bond acceptors (Lipinski definition) is 5. The van der Waals surface area contributed by atoms with Crippen LogP contribution in [0.2, 0.25) is 0 Å². The predicted molar refractivity (Wildman–Crippen MR) is 74.0 cm³/mol. The lowest BCUT2D eigenvalue weighted by molar-refractivity contribution is 0.0690. The number of carboxylic acid groups (broad SMARTS) is 1. The minimum Gasteiger partial charge on any atom is -0.476 e. The van der Waals surface area contributed by atoms with Gasteiger partial charge < -0.3 is 20.6 Å². The highest BCUT2D eigenvalue weighted by Gasteiger charge is 2.25. The highest BCUT2D eigenvalue weighted by Crippen LogP contribution is 2.24. The van der Waals surface area contributed by atoms with E-state index in [1.165, 1.54) is 23.7 Å². The number of amides is 2. The number of hydrogen-bond donors (Lipinski definition) is 3. The van der Waals surface area contributed by atoms with Crippen molar-refractivity contribution >= 4 is 12.0 Å². The van der Waals surface area contributed by atoms with Crippen LogP contribution in [-0.2, 0) is 6.54 Å². The number of nitrogens with zero attached hydrogens (tertiary/aromatic N) is 4. The molecule has 1 aliphatic carbocycles. The highest BCUT2D eigenvalue weighted by molar-refractivity contribution is 5.84. The van der Waals surface area contributed by atoms with Gasteiger partial charge in [-0.25, -0.2) is 14.3 Å². The fourth-order valence-electron chi connectivity index (χ4n) is 1.90. The maximum Gasteiger partial charge on any atom is 0.358 e. The van der Waals surface area contributed by atoms with E-state index >= 15 is 0 Å². The number of carboxylic acids is 1. The van der Waals surface area contributed by atoms with Crippen LogP contribution in [0.15, 0.2) is 6.20 Å². The normalized spacial score (nSPS) is 14.2. The summed E-state index contributed by atoms with van der Waals surface area (Å²) >= 11 is 0. The van der Waals surface area contributed by atoms with Gasteiger partial charge in [-0.15, -0.1) is 5.10 Å². The van der Waals surface area contributed by atoms with Crippen molar-refractivity contribution < 1.29 is 14.7 Å². The maximum absolute atomic E-state index is 11.5. The summed E-state index contributed by atoms with van der Waals surface area (Å²) < 4.78 is 1.38. The molecule has 1 fully saturated rings. The number of urea groups is 1. The largest absolute Gasteiger partial charge is 0.476 e. The van der Waals surface area contributed by atoms with Crippen molar-refractivity contribution in [3.8, 4) is 0 Å². The van der Waals surface area contributed by atoms with Crippen molar-refractivity contribution in [1.29, 1.82) is 0 Å². The van der Waals surface area contributed by atoms with Crippen molar-refractivity contribution in [3.63, 3.8) is 0 Å². The summed E-state index contributed by atoms with van der Waals surface area (Å²) in [6.07, 6.45) is 3.82. The van der Waals surface area contributed by atoms with Crippen LogP contribution in [-0.4, -0.2) is 69.7 Å². The molecule has 0 radical (unpaired) electrons. The molecule has 1 heterocycles. The van der Waals surface area contributed by atoms with Crippen LogP contribution in [0.25, 0.3) is 0 Å². The Morgan fingerprint density at radius 3 is 2.76 bits per heavy atom. The number of carbonyl (C=O) groups is 2. The number of aromatic carboxylic acids is 1. The van der Waals surface area contributed by atoms with Crippen LogP contribution in [0.4, 0.5) is 4.79 Å². The van der Waals surface area contributed by atoms with Crippen molar-refractivity contribution in [1.82, 2.24) is 30.5 Å². The first-order valence-electron chi connectivity index (χ1n) is 6.91. The zero-order chi connectivity index (χ0) is 15.2. The van der Waals surface area contributed by atoms with E-state index in [9.17, 15) is 9.59 Å². The molecule has 9 nitrogen and oxygen atoms in total. The fourth-order valence-corrected chi connectivity index (χ4v) is 1.90. The summed E-state index contributed by atoms with van der Waals surface area (Å²) in [6.45, 7) is 2.16. The molecule has 0 bridgehead atoms. The third-order valence-electron chi connectivity index (χ3n) is 3.30. The Bertz CT molecular complexity index is 499. The summed E-state index contributed by atoms with van der Waals surface area (Å²) in [4.78, 5) is 24.4. The van der Waals surface area contributed by atoms with Crippen LogP contribution in [0.1, 0.15) is 23.3 Å². The smallest absolute Gasteiger partial charge is 0.358 e. The third kappa shape index (κ3) is 5.03. The Kier molecular flexibility index (Phi) is 5.09. The van der Waals surface area contributed by atoms with Crippen molar-refractivity contribution in [2.75, 3.05) is 26.7 Å². The van der Waals surface area contributed by atoms with Gasteiger partial charge >= 0.3 is 12.0 Å². The number of rotatable bonds is 8. The van der Waals surface area contributed by atoms with E-state index in [0.29, 0.717) is 25.7 Å². The molecule has 1 aromatic heterocycles. The van der Waals surface area contributed by atoms with E-state index in [1.54, 1.807) is 0 Å². The van der Waals surface area contributed by atoms with E-state index in [1.807, 2.05) is 0 Å². The predicted octanol–water partition coefficient (Wildman–Crippen LogP) is -0.630. The van der Waals surface area contributed by atoms with Crippen molar-refractivity contribution in [3.05, 3.63) is 11.9 Å². The van der Waals surface area contributed by atoms with Gasteiger partial charge in [0.1, 0.15) is 0 Å². The molecule has 0 saturated heterocycles. The lowest BCUT2D eigenvalue weighted by atomic mass is 10.5. The van der Waals surface area contributed by atoms with Gasteiger partial charge in [-0.1, -0.05) is 5.21 Å². The van der Waals surface area contributed by atoms with Gasteiger partial charge in [-0.05, 0) is 19.9 Å². The molecule has 0 aromatic carbocycles. The molecular weight excluding hydrogens is 276 g/mol. The second kappa shape index (κ2) is 7.02. The number of aromatic nitrogens is 3. The minimum absolute atomic E-state index is 0.109. The molecule has 116 valence electrons. The minimum atomic E-state index is -1.12. The average molecular weight is 296 g/mol. The molecule has 1 aliphatic rings. The van der Waals surface area contributed by atoms with Crippen LogP contribution < -0.4 is 10.6 Å². The van der Waals surface area contributed by atoms with E-state index < -0.39 is 5.97 Å². The van der Waals surface area contributed by atoms with Crippen LogP contribution >= 0.6 is 0 Å². The summed E-state index contributed by atoms with van der Waals surface area (Å²) in [5.41, 5.74) is -0.109. The SMILES string of the molecule is CN(CCNC(=O)NCCn1cc(C(=O)O)nn1)C1CC1. The molecule has 0 spiro atoms. The Hall–Kier alpha value is -2.16. The molecule has 0 atom stereocenters. The monoisotopic (exact) mass is 296 g/mol. The molecular formula is C12H20N6O3. The summed E-state index contributed by atoms with van der Waals surface area (Å²) in [6, 6.07) is 0.448. The topological polar surface area (TPSA) is 112 Å². The number of carbonyl (C=O) groups excluding carboxylic acids is 1. The Morgan fingerprint density at radius 2 is 2.14 bits per heavy atom. The first-order valence-corrected chi connectivity index (χ1v) is 6.91. The second-order valence-corrected chi connectivity index (χ2v) is 5.07. The first-order chi connectivity index (χ1) is 10.1. The van der Waals surface area contributed by atoms with Gasteiger partial charge in [-0.2, -0.15) is 0 Å².